The number of hydrogen-bond acceptors (Lipinski definition) is 6. The number of nitrogens with two attached hydrogens (primary N) is 1. The molecule has 30 heavy (non-hydrogen) atoms. The van der Waals surface area contributed by atoms with Gasteiger partial charge in [-0.25, -0.2) is 9.97 Å². The molecule has 0 aliphatic heterocycles. The van der Waals surface area contributed by atoms with Crippen molar-refractivity contribution < 1.29 is 4.74 Å². The van der Waals surface area contributed by atoms with Crippen LogP contribution in [0.25, 0.3) is 33.5 Å². The lowest BCUT2D eigenvalue weighted by molar-refractivity contribution is 0.176. The summed E-state index contributed by atoms with van der Waals surface area (Å²) in [6.07, 6.45) is 7.19. The van der Waals surface area contributed by atoms with E-state index in [9.17, 15) is 0 Å². The number of rotatable bonds is 5. The minimum atomic E-state index is 0.257. The van der Waals surface area contributed by atoms with E-state index in [-0.39, 0.29) is 5.82 Å². The van der Waals surface area contributed by atoms with Crippen LogP contribution >= 0.6 is 11.6 Å². The van der Waals surface area contributed by atoms with E-state index in [1.165, 1.54) is 19.3 Å². The zero-order valence-electron chi connectivity index (χ0n) is 16.5. The molecule has 1 aromatic carbocycles. The van der Waals surface area contributed by atoms with Gasteiger partial charge in [0.15, 0.2) is 5.82 Å². The highest BCUT2D eigenvalue weighted by Gasteiger charge is 2.22. The van der Waals surface area contributed by atoms with Crippen LogP contribution in [-0.4, -0.2) is 31.3 Å². The number of benzene rings is 1. The van der Waals surface area contributed by atoms with Gasteiger partial charge in [-0.1, -0.05) is 24.1 Å². The first-order chi connectivity index (χ1) is 14.6. The van der Waals surface area contributed by atoms with Crippen LogP contribution in [0.15, 0.2) is 42.7 Å². The molecule has 0 unspecified atom stereocenters. The van der Waals surface area contributed by atoms with Gasteiger partial charge in [0, 0.05) is 30.4 Å². The highest BCUT2D eigenvalue weighted by atomic mass is 35.5. The molecule has 1 aliphatic rings. The van der Waals surface area contributed by atoms with Gasteiger partial charge in [-0.05, 0) is 43.0 Å². The third-order valence-electron chi connectivity index (χ3n) is 5.46. The fourth-order valence-corrected chi connectivity index (χ4v) is 3.88. The molecule has 1 saturated carbocycles. The third-order valence-corrected chi connectivity index (χ3v) is 5.75. The van der Waals surface area contributed by atoms with Crippen molar-refractivity contribution in [3.8, 4) is 28.5 Å². The van der Waals surface area contributed by atoms with E-state index in [0.29, 0.717) is 40.5 Å². The molecule has 0 bridgehead atoms. The molecule has 5 rings (SSSR count). The van der Waals surface area contributed by atoms with Crippen LogP contribution in [0.2, 0.25) is 5.02 Å². The Morgan fingerprint density at radius 1 is 1.20 bits per heavy atom. The second-order valence-corrected chi connectivity index (χ2v) is 8.03. The molecule has 0 amide bonds. The molecule has 0 spiro atoms. The molecule has 0 atom stereocenters. The van der Waals surface area contributed by atoms with Gasteiger partial charge in [-0.15, -0.1) is 0 Å². The van der Waals surface area contributed by atoms with Crippen molar-refractivity contribution in [2.45, 2.75) is 19.3 Å². The molecule has 1 fully saturated rings. The summed E-state index contributed by atoms with van der Waals surface area (Å²) in [6, 6.07) is 9.57. The van der Waals surface area contributed by atoms with Crippen LogP contribution in [0.3, 0.4) is 0 Å². The SMILES string of the molecule is Cn1ccc(-c2nc(N)c(OCC3CCC3)nc2-c2cc(Cl)c3ncccc3c2)n1. The van der Waals surface area contributed by atoms with E-state index in [2.05, 4.69) is 15.1 Å². The summed E-state index contributed by atoms with van der Waals surface area (Å²) in [5, 5.41) is 5.96. The number of aryl methyl sites for hydroxylation is 1. The lowest BCUT2D eigenvalue weighted by Gasteiger charge is -2.25. The topological polar surface area (TPSA) is 91.7 Å². The first-order valence-corrected chi connectivity index (χ1v) is 10.3. The summed E-state index contributed by atoms with van der Waals surface area (Å²) < 4.78 is 7.66. The quantitative estimate of drug-likeness (QED) is 0.510. The number of anilines is 1. The number of aromatic nitrogens is 5. The van der Waals surface area contributed by atoms with Crippen LogP contribution < -0.4 is 10.5 Å². The van der Waals surface area contributed by atoms with E-state index in [0.717, 1.165) is 16.5 Å². The molecule has 152 valence electrons. The van der Waals surface area contributed by atoms with Gasteiger partial charge in [-0.2, -0.15) is 5.10 Å². The van der Waals surface area contributed by atoms with Crippen molar-refractivity contribution in [1.29, 1.82) is 0 Å². The maximum Gasteiger partial charge on any atom is 0.257 e. The lowest BCUT2D eigenvalue weighted by atomic mass is 9.86. The Hall–Kier alpha value is -3.19. The Morgan fingerprint density at radius 3 is 2.80 bits per heavy atom. The molecule has 7 nitrogen and oxygen atoms in total. The van der Waals surface area contributed by atoms with Crippen LogP contribution in [0, 0.1) is 5.92 Å². The van der Waals surface area contributed by atoms with E-state index in [1.54, 1.807) is 10.9 Å². The van der Waals surface area contributed by atoms with E-state index in [1.807, 2.05) is 43.6 Å². The first kappa shape index (κ1) is 18.8. The van der Waals surface area contributed by atoms with Crippen molar-refractivity contribution in [2.24, 2.45) is 13.0 Å². The number of ether oxygens (including phenoxy) is 1. The summed E-state index contributed by atoms with van der Waals surface area (Å²) in [4.78, 5) is 13.8. The molecule has 0 saturated heterocycles. The Morgan fingerprint density at radius 2 is 2.07 bits per heavy atom. The number of halogens is 1. The average Bonchev–Trinajstić information content (AvgIpc) is 3.14. The van der Waals surface area contributed by atoms with Crippen molar-refractivity contribution in [3.05, 3.63) is 47.7 Å². The van der Waals surface area contributed by atoms with E-state index >= 15 is 0 Å². The van der Waals surface area contributed by atoms with E-state index < -0.39 is 0 Å². The van der Waals surface area contributed by atoms with Crippen LogP contribution in [0.4, 0.5) is 5.82 Å². The number of nitrogen functional groups attached to an aromatic ring is 1. The minimum Gasteiger partial charge on any atom is -0.475 e. The van der Waals surface area contributed by atoms with Crippen LogP contribution in [0.1, 0.15) is 19.3 Å². The normalized spacial score (nSPS) is 14.1. The molecule has 0 radical (unpaired) electrons. The maximum absolute atomic E-state index is 6.53. The molecule has 8 heteroatoms. The van der Waals surface area contributed by atoms with Gasteiger partial charge >= 0.3 is 0 Å². The number of fused-ring (bicyclic) bond motifs is 1. The minimum absolute atomic E-state index is 0.257. The van der Waals surface area contributed by atoms with Crippen molar-refractivity contribution >= 4 is 28.3 Å². The van der Waals surface area contributed by atoms with Gasteiger partial charge < -0.3 is 10.5 Å². The van der Waals surface area contributed by atoms with Crippen LogP contribution in [0.5, 0.6) is 5.88 Å². The monoisotopic (exact) mass is 420 g/mol. The summed E-state index contributed by atoms with van der Waals surface area (Å²) in [5.74, 6) is 1.16. The van der Waals surface area contributed by atoms with Crippen molar-refractivity contribution in [3.63, 3.8) is 0 Å². The van der Waals surface area contributed by atoms with Crippen LogP contribution in [-0.2, 0) is 7.05 Å². The Balaban J connectivity index is 1.65. The summed E-state index contributed by atoms with van der Waals surface area (Å²) in [7, 11) is 1.86. The largest absolute Gasteiger partial charge is 0.475 e. The molecule has 1 aliphatic carbocycles. The van der Waals surface area contributed by atoms with Gasteiger partial charge in [0.25, 0.3) is 5.88 Å². The molecular weight excluding hydrogens is 400 g/mol. The van der Waals surface area contributed by atoms with E-state index in [4.69, 9.17) is 27.1 Å². The zero-order valence-corrected chi connectivity index (χ0v) is 17.3. The number of pyridine rings is 1. The standard InChI is InChI=1S/C22H21ClN6O/c1-29-9-7-17(28-29)20-19(15-10-14-6-3-8-25-18(14)16(23)11-15)27-22(21(24)26-20)30-12-13-4-2-5-13/h3,6-11,13H,2,4-5,12H2,1H3,(H2,24,26). The number of nitrogens with zero attached hydrogens (tertiary/aromatic N) is 5. The smallest absolute Gasteiger partial charge is 0.257 e. The molecule has 2 N–H and O–H groups in total. The molecule has 3 heterocycles. The number of hydrogen-bond donors (Lipinski definition) is 1. The fourth-order valence-electron chi connectivity index (χ4n) is 3.60. The Kier molecular flexibility index (Phi) is 4.75. The molecular formula is C22H21ClN6O. The summed E-state index contributed by atoms with van der Waals surface area (Å²) in [6.45, 7) is 0.601. The van der Waals surface area contributed by atoms with Crippen molar-refractivity contribution in [1.82, 2.24) is 24.7 Å². The van der Waals surface area contributed by atoms with Gasteiger partial charge in [0.05, 0.1) is 17.1 Å². The summed E-state index contributed by atoms with van der Waals surface area (Å²) in [5.41, 5.74) is 9.65. The van der Waals surface area contributed by atoms with Gasteiger partial charge in [0.1, 0.15) is 17.1 Å². The predicted molar refractivity (Wildman–Crippen MR) is 117 cm³/mol. The maximum atomic E-state index is 6.53. The third kappa shape index (κ3) is 3.45. The predicted octanol–water partition coefficient (Wildman–Crippen LogP) is 4.51. The highest BCUT2D eigenvalue weighted by molar-refractivity contribution is 6.35. The second-order valence-electron chi connectivity index (χ2n) is 7.63. The highest BCUT2D eigenvalue weighted by Crippen LogP contribution is 2.36. The van der Waals surface area contributed by atoms with Gasteiger partial charge in [0.2, 0.25) is 0 Å². The zero-order chi connectivity index (χ0) is 20.7. The Bertz CT molecular complexity index is 1230. The van der Waals surface area contributed by atoms with Gasteiger partial charge in [-0.3, -0.25) is 9.67 Å². The first-order valence-electron chi connectivity index (χ1n) is 9.93. The fraction of sp³-hybridized carbons (Fsp3) is 0.273. The average molecular weight is 421 g/mol. The summed E-state index contributed by atoms with van der Waals surface area (Å²) >= 11 is 6.53. The Labute approximate surface area is 178 Å². The second kappa shape index (κ2) is 7.57. The molecule has 4 aromatic rings. The van der Waals surface area contributed by atoms with Crippen molar-refractivity contribution in [2.75, 3.05) is 12.3 Å². The molecule has 3 aromatic heterocycles. The lowest BCUT2D eigenvalue weighted by Crippen LogP contribution is -2.20.